The fourth-order valence-corrected chi connectivity index (χ4v) is 2.74. The predicted octanol–water partition coefficient (Wildman–Crippen LogP) is 3.05. The highest BCUT2D eigenvalue weighted by Crippen LogP contribution is 2.23. The Morgan fingerprint density at radius 3 is 2.93 bits per heavy atom. The van der Waals surface area contributed by atoms with E-state index < -0.39 is 0 Å². The third-order valence-electron chi connectivity index (χ3n) is 2.96. The quantitative estimate of drug-likeness (QED) is 0.872. The van der Waals surface area contributed by atoms with Crippen molar-refractivity contribution in [3.8, 4) is 0 Å². The molecule has 0 aliphatic carbocycles. The molecule has 0 bridgehead atoms. The van der Waals surface area contributed by atoms with Gasteiger partial charge in [0.25, 0.3) is 0 Å². The van der Waals surface area contributed by atoms with Crippen LogP contribution in [-0.4, -0.2) is 13.1 Å². The van der Waals surface area contributed by atoms with Crippen molar-refractivity contribution in [3.05, 3.63) is 33.5 Å². The van der Waals surface area contributed by atoms with Crippen LogP contribution in [0.25, 0.3) is 0 Å². The maximum atomic E-state index is 13.4. The molecule has 1 atom stereocenters. The van der Waals surface area contributed by atoms with Gasteiger partial charge >= 0.3 is 0 Å². The zero-order valence-electron chi connectivity index (χ0n) is 8.82. The maximum Gasteiger partial charge on any atom is 0.140 e. The average Bonchev–Trinajstić information content (AvgIpc) is 2.66. The third kappa shape index (κ3) is 2.58. The molecule has 0 radical (unpaired) electrons. The van der Waals surface area contributed by atoms with E-state index in [9.17, 15) is 4.39 Å². The molecule has 1 fully saturated rings. The Balaban J connectivity index is 2.14. The molecular weight excluding hydrogens is 257 g/mol. The lowest BCUT2D eigenvalue weighted by Crippen LogP contribution is -2.11. The van der Waals surface area contributed by atoms with Crippen LogP contribution in [0.15, 0.2) is 16.6 Å². The lowest BCUT2D eigenvalue weighted by atomic mass is 9.97. The molecule has 0 saturated carbocycles. The molecule has 0 amide bonds. The zero-order valence-corrected chi connectivity index (χ0v) is 10.4. The van der Waals surface area contributed by atoms with E-state index in [0.717, 1.165) is 25.1 Å². The Morgan fingerprint density at radius 1 is 1.53 bits per heavy atom. The van der Waals surface area contributed by atoms with Gasteiger partial charge in [-0.15, -0.1) is 0 Å². The minimum Gasteiger partial charge on any atom is -0.316 e. The van der Waals surface area contributed by atoms with Gasteiger partial charge in [0.2, 0.25) is 0 Å². The second-order valence-corrected chi connectivity index (χ2v) is 5.13. The molecule has 0 spiro atoms. The number of halogens is 2. The van der Waals surface area contributed by atoms with Crippen LogP contribution in [0.3, 0.4) is 0 Å². The topological polar surface area (TPSA) is 12.0 Å². The monoisotopic (exact) mass is 271 g/mol. The summed E-state index contributed by atoms with van der Waals surface area (Å²) in [5.74, 6) is 0.574. The van der Waals surface area contributed by atoms with Crippen molar-refractivity contribution in [1.29, 1.82) is 0 Å². The Morgan fingerprint density at radius 2 is 2.33 bits per heavy atom. The summed E-state index contributed by atoms with van der Waals surface area (Å²) >= 11 is 3.26. The maximum absolute atomic E-state index is 13.4. The number of hydrogen-bond acceptors (Lipinski definition) is 1. The van der Waals surface area contributed by atoms with E-state index in [-0.39, 0.29) is 5.82 Å². The van der Waals surface area contributed by atoms with Gasteiger partial charge in [0.15, 0.2) is 0 Å². The van der Waals surface area contributed by atoms with E-state index in [2.05, 4.69) is 21.2 Å². The van der Waals surface area contributed by atoms with E-state index in [1.165, 1.54) is 12.0 Å². The van der Waals surface area contributed by atoms with Crippen LogP contribution in [-0.2, 0) is 6.42 Å². The summed E-state index contributed by atoms with van der Waals surface area (Å²) in [5.41, 5.74) is 1.96. The molecule has 1 nitrogen and oxygen atoms in total. The number of aryl methyl sites for hydroxylation is 1. The zero-order chi connectivity index (χ0) is 10.8. The van der Waals surface area contributed by atoms with Crippen molar-refractivity contribution in [2.24, 2.45) is 5.92 Å². The van der Waals surface area contributed by atoms with E-state index in [1.807, 2.05) is 19.1 Å². The first-order valence-electron chi connectivity index (χ1n) is 5.32. The fraction of sp³-hybridized carbons (Fsp3) is 0.500. The second kappa shape index (κ2) is 4.62. The molecule has 1 aromatic carbocycles. The molecule has 1 aliphatic heterocycles. The Hall–Kier alpha value is -0.410. The van der Waals surface area contributed by atoms with Crippen molar-refractivity contribution in [2.45, 2.75) is 19.8 Å². The smallest absolute Gasteiger partial charge is 0.140 e. The number of rotatable bonds is 2. The summed E-state index contributed by atoms with van der Waals surface area (Å²) < 4.78 is 14.0. The van der Waals surface area contributed by atoms with Crippen LogP contribution in [0.2, 0.25) is 0 Å². The lowest BCUT2D eigenvalue weighted by molar-refractivity contribution is 0.575. The van der Waals surface area contributed by atoms with Crippen LogP contribution in [0.5, 0.6) is 0 Å². The van der Waals surface area contributed by atoms with Gasteiger partial charge in [-0.2, -0.15) is 0 Å². The van der Waals surface area contributed by atoms with Crippen molar-refractivity contribution >= 4 is 15.9 Å². The minimum absolute atomic E-state index is 0.136. The van der Waals surface area contributed by atoms with Crippen LogP contribution in [0.1, 0.15) is 17.5 Å². The van der Waals surface area contributed by atoms with Crippen LogP contribution < -0.4 is 5.32 Å². The third-order valence-corrected chi connectivity index (χ3v) is 3.53. The van der Waals surface area contributed by atoms with Crippen molar-refractivity contribution in [1.82, 2.24) is 5.32 Å². The molecule has 1 unspecified atom stereocenters. The highest BCUT2D eigenvalue weighted by Gasteiger charge is 2.16. The van der Waals surface area contributed by atoms with E-state index in [1.54, 1.807) is 0 Å². The van der Waals surface area contributed by atoms with Gasteiger partial charge in [0.1, 0.15) is 5.82 Å². The number of benzene rings is 1. The van der Waals surface area contributed by atoms with Gasteiger partial charge in [-0.3, -0.25) is 0 Å². The van der Waals surface area contributed by atoms with Crippen molar-refractivity contribution in [3.63, 3.8) is 0 Å². The molecule has 1 saturated heterocycles. The molecule has 1 aromatic rings. The summed E-state index contributed by atoms with van der Waals surface area (Å²) in [5, 5.41) is 3.35. The van der Waals surface area contributed by atoms with Gasteiger partial charge in [0, 0.05) is 0 Å². The second-order valence-electron chi connectivity index (χ2n) is 4.27. The predicted molar refractivity (Wildman–Crippen MR) is 63.5 cm³/mol. The van der Waals surface area contributed by atoms with E-state index in [0.29, 0.717) is 10.4 Å². The molecule has 3 heteroatoms. The lowest BCUT2D eigenvalue weighted by Gasteiger charge is -2.10. The highest BCUT2D eigenvalue weighted by atomic mass is 79.9. The molecule has 82 valence electrons. The number of nitrogens with one attached hydrogen (secondary N) is 1. The Bertz CT molecular complexity index is 336. The number of hydrogen-bond donors (Lipinski definition) is 1. The molecule has 15 heavy (non-hydrogen) atoms. The largest absolute Gasteiger partial charge is 0.316 e. The molecule has 0 aromatic heterocycles. The fourth-order valence-electron chi connectivity index (χ4n) is 2.14. The normalized spacial score (nSPS) is 20.9. The molecule has 1 N–H and O–H groups in total. The first kappa shape index (κ1) is 11.1. The van der Waals surface area contributed by atoms with Gasteiger partial charge in [-0.1, -0.05) is 6.07 Å². The van der Waals surface area contributed by atoms with E-state index >= 15 is 0 Å². The molecule has 1 aliphatic rings. The summed E-state index contributed by atoms with van der Waals surface area (Å²) in [6, 6.07) is 3.86. The first-order valence-corrected chi connectivity index (χ1v) is 6.11. The molecular formula is C12H15BrFN. The summed E-state index contributed by atoms with van der Waals surface area (Å²) in [6.07, 6.45) is 2.28. The van der Waals surface area contributed by atoms with Gasteiger partial charge in [0.05, 0.1) is 4.47 Å². The highest BCUT2D eigenvalue weighted by molar-refractivity contribution is 9.10. The summed E-state index contributed by atoms with van der Waals surface area (Å²) in [4.78, 5) is 0. The minimum atomic E-state index is -0.136. The van der Waals surface area contributed by atoms with Crippen molar-refractivity contribution in [2.75, 3.05) is 13.1 Å². The molecule has 1 heterocycles. The van der Waals surface area contributed by atoms with Gasteiger partial charge < -0.3 is 5.32 Å². The van der Waals surface area contributed by atoms with Crippen LogP contribution >= 0.6 is 15.9 Å². The van der Waals surface area contributed by atoms with Crippen LogP contribution in [0, 0.1) is 18.7 Å². The average molecular weight is 272 g/mol. The molecule has 2 rings (SSSR count). The Kier molecular flexibility index (Phi) is 3.42. The standard InChI is InChI=1S/C12H15BrFN/c1-8-4-10(6-11(13)12(8)14)5-9-2-3-15-7-9/h4,6,9,15H,2-3,5,7H2,1H3. The SMILES string of the molecule is Cc1cc(CC2CCNC2)cc(Br)c1F. The van der Waals surface area contributed by atoms with Crippen molar-refractivity contribution < 1.29 is 4.39 Å². The summed E-state index contributed by atoms with van der Waals surface area (Å²) in [7, 11) is 0. The van der Waals surface area contributed by atoms with Crippen LogP contribution in [0.4, 0.5) is 4.39 Å². The van der Waals surface area contributed by atoms with Gasteiger partial charge in [-0.25, -0.2) is 4.39 Å². The summed E-state index contributed by atoms with van der Waals surface area (Å²) in [6.45, 7) is 4.02. The first-order chi connectivity index (χ1) is 7.16. The Labute approximate surface area is 98.2 Å². The van der Waals surface area contributed by atoms with E-state index in [4.69, 9.17) is 0 Å². The van der Waals surface area contributed by atoms with Gasteiger partial charge in [-0.05, 0) is 71.9 Å².